The standard InChI is InChI=1S/C24H22F5N5O3S.CHN.H2/c1-13-7-21(34(14(13)2)38(36,37)18-5-3-17(25)4-6-18)22(35)31-9-15-8-20(30-12-19(15)26)16-10-32-23(33-11-16)24(27,28)29;1-2;/h3-6,8,10-14,21H,7,9H2,1-2H3,(H,31,35);1H;1H/t13-,14+,21+;;/m1../s1. The fourth-order valence-corrected chi connectivity index (χ4v) is 6.09. The minimum absolute atomic E-state index is 0. The van der Waals surface area contributed by atoms with Crippen LogP contribution in [-0.2, 0) is 27.5 Å². The average Bonchev–Trinajstić information content (AvgIpc) is 3.23. The summed E-state index contributed by atoms with van der Waals surface area (Å²) in [5.74, 6) is -3.57. The second-order valence-electron chi connectivity index (χ2n) is 8.93. The van der Waals surface area contributed by atoms with Crippen LogP contribution in [0.1, 0.15) is 33.1 Å². The number of halogens is 5. The molecule has 0 aliphatic carbocycles. The highest BCUT2D eigenvalue weighted by Crippen LogP contribution is 2.35. The number of nitriles is 1. The Bertz CT molecular complexity index is 1490. The Kier molecular flexibility index (Phi) is 9.16. The molecule has 40 heavy (non-hydrogen) atoms. The van der Waals surface area contributed by atoms with E-state index in [2.05, 4.69) is 26.8 Å². The Morgan fingerprint density at radius 2 is 1.70 bits per heavy atom. The molecule has 4 rings (SSSR count). The van der Waals surface area contributed by atoms with E-state index in [0.717, 1.165) is 47.2 Å². The molecule has 214 valence electrons. The van der Waals surface area contributed by atoms with Crippen LogP contribution in [-0.4, -0.2) is 45.7 Å². The van der Waals surface area contributed by atoms with E-state index in [9.17, 15) is 35.2 Å². The van der Waals surface area contributed by atoms with Gasteiger partial charge < -0.3 is 5.32 Å². The van der Waals surface area contributed by atoms with Crippen molar-refractivity contribution in [2.75, 3.05) is 0 Å². The molecule has 1 amide bonds. The van der Waals surface area contributed by atoms with Crippen molar-refractivity contribution in [2.24, 2.45) is 5.92 Å². The maximum Gasteiger partial charge on any atom is 0.451 e. The SMILES string of the molecule is C#N.C[C@@H]1C[C@@H](C(=O)NCc2cc(-c3cnc(C(F)(F)F)nc3)ncc2F)N(S(=O)(=O)c2ccc(F)cc2)[C@H]1C.[HH]. The van der Waals surface area contributed by atoms with E-state index in [1.54, 1.807) is 13.8 Å². The summed E-state index contributed by atoms with van der Waals surface area (Å²) < 4.78 is 93.6. The molecule has 3 atom stereocenters. The van der Waals surface area contributed by atoms with Crippen LogP contribution < -0.4 is 5.32 Å². The van der Waals surface area contributed by atoms with Crippen molar-refractivity contribution in [1.82, 2.24) is 24.6 Å². The molecule has 15 heteroatoms. The maximum absolute atomic E-state index is 14.4. The first kappa shape index (κ1) is 30.5. The fraction of sp³-hybridized carbons (Fsp3) is 0.320. The molecule has 1 aliphatic heterocycles. The van der Waals surface area contributed by atoms with Gasteiger partial charge >= 0.3 is 6.18 Å². The third-order valence-electron chi connectivity index (χ3n) is 6.41. The largest absolute Gasteiger partial charge is 0.451 e. The summed E-state index contributed by atoms with van der Waals surface area (Å²) in [6, 6.07) is 3.86. The molecule has 1 aliphatic rings. The van der Waals surface area contributed by atoms with Gasteiger partial charge in [-0.05, 0) is 49.6 Å². The molecule has 0 bridgehead atoms. The van der Waals surface area contributed by atoms with Crippen molar-refractivity contribution in [2.45, 2.75) is 50.0 Å². The predicted octanol–water partition coefficient (Wildman–Crippen LogP) is 4.33. The molecule has 1 saturated heterocycles. The van der Waals surface area contributed by atoms with Crippen molar-refractivity contribution < 1.29 is 36.6 Å². The van der Waals surface area contributed by atoms with Gasteiger partial charge in [0.1, 0.15) is 17.7 Å². The number of alkyl halides is 3. The maximum atomic E-state index is 14.4. The number of hydrogen-bond acceptors (Lipinski definition) is 7. The van der Waals surface area contributed by atoms with Gasteiger partial charge in [-0.15, -0.1) is 0 Å². The number of benzene rings is 1. The molecule has 1 N–H and O–H groups in total. The van der Waals surface area contributed by atoms with Crippen LogP contribution in [0.4, 0.5) is 22.0 Å². The predicted molar refractivity (Wildman–Crippen MR) is 133 cm³/mol. The van der Waals surface area contributed by atoms with Crippen LogP contribution >= 0.6 is 0 Å². The average molecular weight is 585 g/mol. The van der Waals surface area contributed by atoms with Gasteiger partial charge in [0.15, 0.2) is 0 Å². The second kappa shape index (κ2) is 12.0. The Labute approximate surface area is 228 Å². The summed E-state index contributed by atoms with van der Waals surface area (Å²) in [6.45, 7) is 6.62. The molecule has 1 aromatic carbocycles. The lowest BCUT2D eigenvalue weighted by Crippen LogP contribution is -2.48. The monoisotopic (exact) mass is 584 g/mol. The topological polar surface area (TPSA) is 129 Å². The summed E-state index contributed by atoms with van der Waals surface area (Å²) in [4.78, 5) is 23.3. The summed E-state index contributed by atoms with van der Waals surface area (Å²) in [5, 5.41) is 9.04. The quantitative estimate of drug-likeness (QED) is 0.427. The first-order valence-corrected chi connectivity index (χ1v) is 13.1. The summed E-state index contributed by atoms with van der Waals surface area (Å²) >= 11 is 0. The number of nitrogens with one attached hydrogen (secondary N) is 1. The van der Waals surface area contributed by atoms with Gasteiger partial charge in [-0.25, -0.2) is 32.4 Å². The molecular formula is C25H25F5N6O3S. The number of aromatic nitrogens is 3. The minimum atomic E-state index is -4.72. The van der Waals surface area contributed by atoms with Crippen molar-refractivity contribution in [3.63, 3.8) is 0 Å². The van der Waals surface area contributed by atoms with Gasteiger partial charge in [-0.1, -0.05) is 6.92 Å². The molecule has 3 aromatic rings. The number of carbonyl (C=O) groups is 1. The highest BCUT2D eigenvalue weighted by atomic mass is 32.2. The summed E-state index contributed by atoms with van der Waals surface area (Å²) in [7, 11) is -4.15. The van der Waals surface area contributed by atoms with E-state index in [1.165, 1.54) is 6.07 Å². The van der Waals surface area contributed by atoms with E-state index in [-0.39, 0.29) is 42.0 Å². The number of sulfonamides is 1. The summed E-state index contributed by atoms with van der Waals surface area (Å²) in [5.41, 5.74) is 0.142. The number of rotatable bonds is 6. The third kappa shape index (κ3) is 6.40. The smallest absolute Gasteiger partial charge is 0.351 e. The van der Waals surface area contributed by atoms with Crippen molar-refractivity contribution in [1.29, 1.82) is 5.26 Å². The number of amides is 1. The van der Waals surface area contributed by atoms with Crippen LogP contribution in [0.5, 0.6) is 0 Å². The molecule has 2 aromatic heterocycles. The molecule has 1 fully saturated rings. The molecule has 0 unspecified atom stereocenters. The van der Waals surface area contributed by atoms with Gasteiger partial charge in [0.2, 0.25) is 21.8 Å². The lowest BCUT2D eigenvalue weighted by Gasteiger charge is -2.27. The highest BCUT2D eigenvalue weighted by Gasteiger charge is 2.47. The normalized spacial score (nSPS) is 19.5. The lowest BCUT2D eigenvalue weighted by molar-refractivity contribution is -0.145. The molecule has 0 radical (unpaired) electrons. The van der Waals surface area contributed by atoms with Crippen molar-refractivity contribution >= 4 is 15.9 Å². The molecule has 3 heterocycles. The third-order valence-corrected chi connectivity index (χ3v) is 8.42. The highest BCUT2D eigenvalue weighted by molar-refractivity contribution is 7.89. The van der Waals surface area contributed by atoms with E-state index >= 15 is 0 Å². The summed E-state index contributed by atoms with van der Waals surface area (Å²) in [6.07, 6.45) is -1.87. The van der Waals surface area contributed by atoms with E-state index in [4.69, 9.17) is 5.26 Å². The number of nitrogens with zero attached hydrogens (tertiary/aromatic N) is 5. The number of hydrogen-bond donors (Lipinski definition) is 1. The fourth-order valence-electron chi connectivity index (χ4n) is 4.21. The van der Waals surface area contributed by atoms with Crippen LogP contribution in [0.15, 0.2) is 53.8 Å². The zero-order valence-electron chi connectivity index (χ0n) is 21.1. The number of pyridine rings is 1. The Morgan fingerprint density at radius 3 is 2.27 bits per heavy atom. The van der Waals surface area contributed by atoms with Crippen LogP contribution in [0.3, 0.4) is 0 Å². The minimum Gasteiger partial charge on any atom is -0.351 e. The zero-order valence-corrected chi connectivity index (χ0v) is 21.9. The Balaban J connectivity index is 0.00000192. The van der Waals surface area contributed by atoms with Crippen molar-refractivity contribution in [3.05, 3.63) is 71.9 Å². The van der Waals surface area contributed by atoms with Gasteiger partial charge in [0.25, 0.3) is 0 Å². The second-order valence-corrected chi connectivity index (χ2v) is 10.8. The van der Waals surface area contributed by atoms with Gasteiger partial charge in [0.05, 0.1) is 16.8 Å². The Hall–Kier alpha value is -4.03. The van der Waals surface area contributed by atoms with E-state index in [0.29, 0.717) is 0 Å². The van der Waals surface area contributed by atoms with E-state index < -0.39 is 51.6 Å². The van der Waals surface area contributed by atoms with Crippen LogP contribution in [0.25, 0.3) is 11.3 Å². The number of carbonyl (C=O) groups excluding carboxylic acids is 1. The molecule has 9 nitrogen and oxygen atoms in total. The van der Waals surface area contributed by atoms with Crippen LogP contribution in [0, 0.1) is 29.4 Å². The van der Waals surface area contributed by atoms with Gasteiger partial charge in [0, 0.05) is 44.1 Å². The molecule has 0 spiro atoms. The van der Waals surface area contributed by atoms with Gasteiger partial charge in [-0.3, -0.25) is 9.78 Å². The van der Waals surface area contributed by atoms with E-state index in [1.807, 2.05) is 0 Å². The van der Waals surface area contributed by atoms with Crippen molar-refractivity contribution in [3.8, 4) is 17.8 Å². The van der Waals surface area contributed by atoms with Crippen LogP contribution in [0.2, 0.25) is 0 Å². The Morgan fingerprint density at radius 1 is 1.10 bits per heavy atom. The first-order valence-electron chi connectivity index (χ1n) is 11.7. The molecule has 0 saturated carbocycles. The first-order chi connectivity index (χ1) is 18.8. The zero-order chi connectivity index (χ0) is 29.8. The van der Waals surface area contributed by atoms with Gasteiger partial charge in [-0.2, -0.15) is 17.5 Å². The molecular weight excluding hydrogens is 559 g/mol. The lowest BCUT2D eigenvalue weighted by atomic mass is 10.0.